The summed E-state index contributed by atoms with van der Waals surface area (Å²) in [5, 5.41) is 11.2. The molecule has 0 aliphatic rings. The van der Waals surface area contributed by atoms with Gasteiger partial charge in [0.1, 0.15) is 6.54 Å². The fraction of sp³-hybridized carbons (Fsp3) is 0.211. The summed E-state index contributed by atoms with van der Waals surface area (Å²) in [5.74, 6) is -0.610. The minimum Gasteiger partial charge on any atom is -0.325 e. The first-order valence-corrected chi connectivity index (χ1v) is 8.35. The number of amides is 1. The number of anilines is 1. The van der Waals surface area contributed by atoms with Crippen molar-refractivity contribution in [3.8, 4) is 6.07 Å². The highest BCUT2D eigenvalue weighted by molar-refractivity contribution is 5.90. The minimum absolute atomic E-state index is 0.100. The number of hydrogen-bond donors (Lipinski definition) is 1. The first-order valence-electron chi connectivity index (χ1n) is 8.35. The Hall–Kier alpha value is -3.93. The highest BCUT2D eigenvalue weighted by Crippen LogP contribution is 2.09. The normalized spacial score (nSPS) is 10.1. The molecule has 0 aliphatic heterocycles. The van der Waals surface area contributed by atoms with Gasteiger partial charge in [-0.3, -0.25) is 4.79 Å². The predicted molar refractivity (Wildman–Crippen MR) is 104 cm³/mol. The SMILES string of the molecule is C=CCn1c(=O)n(CC=C)c(=O)n(CC(=O)Nc2ccc(CC#N)cc2)c1=O. The van der Waals surface area contributed by atoms with Crippen molar-refractivity contribution in [2.24, 2.45) is 0 Å². The van der Waals surface area contributed by atoms with Crippen molar-refractivity contribution < 1.29 is 4.79 Å². The van der Waals surface area contributed by atoms with E-state index in [9.17, 15) is 19.2 Å². The van der Waals surface area contributed by atoms with Crippen LogP contribution in [-0.2, 0) is 30.8 Å². The summed E-state index contributed by atoms with van der Waals surface area (Å²) in [7, 11) is 0. The topological polar surface area (TPSA) is 119 Å². The number of rotatable bonds is 8. The lowest BCUT2D eigenvalue weighted by Gasteiger charge is -2.12. The van der Waals surface area contributed by atoms with Crippen LogP contribution >= 0.6 is 0 Å². The number of hydrogen-bond acceptors (Lipinski definition) is 5. The number of benzene rings is 1. The van der Waals surface area contributed by atoms with Crippen molar-refractivity contribution in [2.75, 3.05) is 5.32 Å². The highest BCUT2D eigenvalue weighted by Gasteiger charge is 2.16. The summed E-state index contributed by atoms with van der Waals surface area (Å²) in [6, 6.07) is 8.62. The lowest BCUT2D eigenvalue weighted by atomic mass is 10.1. The van der Waals surface area contributed by atoms with Gasteiger partial charge in [-0.1, -0.05) is 24.3 Å². The molecule has 144 valence electrons. The van der Waals surface area contributed by atoms with E-state index in [0.717, 1.165) is 14.7 Å². The molecule has 0 saturated heterocycles. The number of allylic oxidation sites excluding steroid dienone is 2. The molecule has 1 aromatic carbocycles. The summed E-state index contributed by atoms with van der Waals surface area (Å²) in [6.45, 7) is 6.21. The van der Waals surface area contributed by atoms with Crippen molar-refractivity contribution >= 4 is 11.6 Å². The number of carbonyl (C=O) groups excluding carboxylic acids is 1. The maximum Gasteiger partial charge on any atom is 0.337 e. The Balaban J connectivity index is 2.35. The average Bonchev–Trinajstić information content (AvgIpc) is 2.67. The molecule has 2 aromatic rings. The summed E-state index contributed by atoms with van der Waals surface area (Å²) in [6.07, 6.45) is 2.94. The number of carbonyl (C=O) groups is 1. The standard InChI is InChI=1S/C19H19N5O4/c1-3-11-22-17(26)23(12-4-2)19(28)24(18(22)27)13-16(25)21-15-7-5-14(6-8-15)9-10-20/h3-8H,1-2,9,11-13H2,(H,21,25). The third-order valence-electron chi connectivity index (χ3n) is 3.83. The summed E-state index contributed by atoms with van der Waals surface area (Å²) >= 11 is 0. The van der Waals surface area contributed by atoms with Crippen LogP contribution in [0.4, 0.5) is 5.69 Å². The van der Waals surface area contributed by atoms with E-state index in [-0.39, 0.29) is 19.5 Å². The Morgan fingerprint density at radius 2 is 1.46 bits per heavy atom. The zero-order valence-corrected chi connectivity index (χ0v) is 15.1. The van der Waals surface area contributed by atoms with Crippen LogP contribution in [0.3, 0.4) is 0 Å². The van der Waals surface area contributed by atoms with Crippen LogP contribution in [-0.4, -0.2) is 19.6 Å². The van der Waals surface area contributed by atoms with Crippen LogP contribution < -0.4 is 22.4 Å². The van der Waals surface area contributed by atoms with Crippen LogP contribution in [0.2, 0.25) is 0 Å². The molecule has 1 aromatic heterocycles. The molecule has 0 fully saturated rings. The van der Waals surface area contributed by atoms with Gasteiger partial charge >= 0.3 is 17.1 Å². The van der Waals surface area contributed by atoms with E-state index < -0.39 is 29.5 Å². The fourth-order valence-corrected chi connectivity index (χ4v) is 2.53. The molecule has 0 saturated carbocycles. The number of nitrogens with one attached hydrogen (secondary N) is 1. The first-order chi connectivity index (χ1) is 13.4. The van der Waals surface area contributed by atoms with Crippen molar-refractivity contribution in [3.05, 3.63) is 86.6 Å². The Bertz CT molecular complexity index is 1070. The van der Waals surface area contributed by atoms with Gasteiger partial charge in [0, 0.05) is 5.69 Å². The summed E-state index contributed by atoms with van der Waals surface area (Å²) < 4.78 is 2.33. The van der Waals surface area contributed by atoms with E-state index in [2.05, 4.69) is 18.5 Å². The predicted octanol–water partition coefficient (Wildman–Crippen LogP) is 0.248. The lowest BCUT2D eigenvalue weighted by Crippen LogP contribution is -2.55. The molecule has 0 atom stereocenters. The molecule has 28 heavy (non-hydrogen) atoms. The van der Waals surface area contributed by atoms with Gasteiger partial charge in [-0.05, 0) is 17.7 Å². The van der Waals surface area contributed by atoms with Gasteiger partial charge in [0.15, 0.2) is 0 Å². The molecule has 9 heteroatoms. The van der Waals surface area contributed by atoms with Crippen LogP contribution in [0.5, 0.6) is 0 Å². The van der Waals surface area contributed by atoms with Crippen molar-refractivity contribution in [1.82, 2.24) is 13.7 Å². The van der Waals surface area contributed by atoms with E-state index in [0.29, 0.717) is 10.3 Å². The molecule has 0 spiro atoms. The molecule has 1 heterocycles. The molecule has 1 amide bonds. The van der Waals surface area contributed by atoms with E-state index in [1.54, 1.807) is 24.3 Å². The number of nitrogens with zero attached hydrogens (tertiary/aromatic N) is 4. The van der Waals surface area contributed by atoms with Gasteiger partial charge in [-0.25, -0.2) is 28.1 Å². The maximum absolute atomic E-state index is 12.5. The molecule has 2 rings (SSSR count). The molecule has 0 unspecified atom stereocenters. The van der Waals surface area contributed by atoms with Gasteiger partial charge in [0.25, 0.3) is 0 Å². The van der Waals surface area contributed by atoms with Crippen molar-refractivity contribution in [3.63, 3.8) is 0 Å². The Labute approximate surface area is 160 Å². The second-order valence-corrected chi connectivity index (χ2v) is 5.81. The van der Waals surface area contributed by atoms with Gasteiger partial charge < -0.3 is 5.32 Å². The smallest absolute Gasteiger partial charge is 0.325 e. The minimum atomic E-state index is -0.894. The molecule has 0 bridgehead atoms. The van der Waals surface area contributed by atoms with Crippen molar-refractivity contribution in [1.29, 1.82) is 5.26 Å². The van der Waals surface area contributed by atoms with E-state index in [4.69, 9.17) is 5.26 Å². The van der Waals surface area contributed by atoms with Gasteiger partial charge in [-0.2, -0.15) is 5.26 Å². The quantitative estimate of drug-likeness (QED) is 0.658. The van der Waals surface area contributed by atoms with Crippen LogP contribution in [0.1, 0.15) is 5.56 Å². The molecule has 0 aliphatic carbocycles. The molecular formula is C19H19N5O4. The van der Waals surface area contributed by atoms with Crippen molar-refractivity contribution in [2.45, 2.75) is 26.1 Å². The van der Waals surface area contributed by atoms with Gasteiger partial charge in [-0.15, -0.1) is 13.2 Å². The Morgan fingerprint density at radius 1 is 0.964 bits per heavy atom. The number of aromatic nitrogens is 3. The Kier molecular flexibility index (Phi) is 6.65. The zero-order valence-electron chi connectivity index (χ0n) is 15.1. The van der Waals surface area contributed by atoms with Crippen LogP contribution in [0, 0.1) is 11.3 Å². The van der Waals surface area contributed by atoms with E-state index in [1.807, 2.05) is 6.07 Å². The zero-order chi connectivity index (χ0) is 20.7. The second-order valence-electron chi connectivity index (χ2n) is 5.81. The number of nitriles is 1. The third-order valence-corrected chi connectivity index (χ3v) is 3.83. The van der Waals surface area contributed by atoms with E-state index >= 15 is 0 Å². The summed E-state index contributed by atoms with van der Waals surface area (Å²) in [5.41, 5.74) is -1.34. The second kappa shape index (κ2) is 9.14. The lowest BCUT2D eigenvalue weighted by molar-refractivity contribution is -0.116. The third kappa shape index (κ3) is 4.42. The first kappa shape index (κ1) is 20.4. The largest absolute Gasteiger partial charge is 0.337 e. The average molecular weight is 381 g/mol. The van der Waals surface area contributed by atoms with E-state index in [1.165, 1.54) is 12.2 Å². The highest BCUT2D eigenvalue weighted by atomic mass is 16.2. The molecule has 0 radical (unpaired) electrons. The van der Waals surface area contributed by atoms with Crippen LogP contribution in [0.15, 0.2) is 64.0 Å². The maximum atomic E-state index is 12.5. The van der Waals surface area contributed by atoms with Crippen LogP contribution in [0.25, 0.3) is 0 Å². The molecule has 9 nitrogen and oxygen atoms in total. The van der Waals surface area contributed by atoms with Gasteiger partial charge in [0.2, 0.25) is 5.91 Å². The van der Waals surface area contributed by atoms with Gasteiger partial charge in [0.05, 0.1) is 25.6 Å². The molecular weight excluding hydrogens is 362 g/mol. The summed E-state index contributed by atoms with van der Waals surface area (Å²) in [4.78, 5) is 49.6. The molecule has 1 N–H and O–H groups in total. The monoisotopic (exact) mass is 381 g/mol. The fourth-order valence-electron chi connectivity index (χ4n) is 2.53. The Morgan fingerprint density at radius 3 is 1.93 bits per heavy atom.